The van der Waals surface area contributed by atoms with Crippen molar-refractivity contribution >= 4 is 17.7 Å². The molecule has 44 heavy (non-hydrogen) atoms. The van der Waals surface area contributed by atoms with Gasteiger partial charge in [-0.15, -0.1) is 0 Å². The van der Waals surface area contributed by atoms with Gasteiger partial charge in [-0.05, 0) is 118 Å². The van der Waals surface area contributed by atoms with Crippen molar-refractivity contribution in [1.82, 2.24) is 0 Å². The minimum Gasteiger partial charge on any atom is -0.481 e. The topological polar surface area (TPSA) is 150 Å². The number of carbonyl (C=O) groups is 3. The van der Waals surface area contributed by atoms with E-state index in [-0.39, 0.29) is 57.9 Å². The molecule has 5 aliphatic carbocycles. The molecule has 1 unspecified atom stereocenters. The van der Waals surface area contributed by atoms with Crippen molar-refractivity contribution in [3.63, 3.8) is 0 Å². The highest BCUT2D eigenvalue weighted by molar-refractivity contribution is 5.96. The SMILES string of the molecule is Cc1oc(=O)oc1COC(=O)[C@@]1(C)C2CC[C@]3(C)[C@H](C(=O)C=C4[C@@H]5C[C@@](C)(C(=O)O)CC[C@]5(C)CC[C@]43C)[C@@]2(C)CC[C@@H]1N. The minimum atomic E-state index is -1.03. The Morgan fingerprint density at radius 2 is 1.66 bits per heavy atom. The fourth-order valence-corrected chi connectivity index (χ4v) is 11.2. The number of allylic oxidation sites excluding steroid dienone is 2. The fraction of sp³-hybridized carbons (Fsp3) is 0.771. The Morgan fingerprint density at radius 3 is 2.30 bits per heavy atom. The number of rotatable bonds is 4. The molecular weight excluding hydrogens is 562 g/mol. The second-order valence-electron chi connectivity index (χ2n) is 16.5. The number of carbonyl (C=O) groups excluding carboxylic acids is 2. The van der Waals surface area contributed by atoms with Crippen LogP contribution in [0.2, 0.25) is 0 Å². The standard InChI is InChI=1S/C35H49NO8/c1-19-23(44-29(41)43-19)18-42-28(40)35(7)24-8-11-34(6)26(32(24,4)10-9-25(35)36)22(37)16-20-21-17-31(3,27(38)39)13-12-30(21,2)14-15-33(20,34)5/h16,21,24-26H,8-15,17-18,36H2,1-7H3,(H,38,39)/t21-,24?,25-,26+,30+,31-,32-,33+,34+,35-/m0/s1. The number of esters is 1. The lowest BCUT2D eigenvalue weighted by molar-refractivity contribution is -0.203. The highest BCUT2D eigenvalue weighted by Gasteiger charge is 2.71. The summed E-state index contributed by atoms with van der Waals surface area (Å²) in [6.07, 6.45) is 8.78. The van der Waals surface area contributed by atoms with E-state index in [4.69, 9.17) is 19.3 Å². The molecule has 0 aromatic carbocycles. The Morgan fingerprint density at radius 1 is 0.977 bits per heavy atom. The van der Waals surface area contributed by atoms with E-state index >= 15 is 0 Å². The van der Waals surface area contributed by atoms with Crippen LogP contribution in [0.1, 0.15) is 111 Å². The monoisotopic (exact) mass is 611 g/mol. The van der Waals surface area contributed by atoms with Crippen LogP contribution in [0.4, 0.5) is 0 Å². The number of ether oxygens (including phenoxy) is 1. The van der Waals surface area contributed by atoms with Crippen LogP contribution in [0.25, 0.3) is 0 Å². The molecule has 9 nitrogen and oxygen atoms in total. The van der Waals surface area contributed by atoms with Gasteiger partial charge in [0.15, 0.2) is 23.9 Å². The quantitative estimate of drug-likeness (QED) is 0.393. The molecule has 9 heteroatoms. The Kier molecular flexibility index (Phi) is 6.88. The van der Waals surface area contributed by atoms with Crippen LogP contribution < -0.4 is 11.6 Å². The molecule has 1 aromatic rings. The number of fused-ring (bicyclic) bond motifs is 7. The Labute approximate surface area is 259 Å². The van der Waals surface area contributed by atoms with Gasteiger partial charge in [-0.25, -0.2) is 4.79 Å². The molecule has 5 aliphatic rings. The van der Waals surface area contributed by atoms with Crippen LogP contribution in [-0.4, -0.2) is 28.9 Å². The van der Waals surface area contributed by atoms with Crippen molar-refractivity contribution in [2.75, 3.05) is 0 Å². The maximum Gasteiger partial charge on any atom is 0.519 e. The molecular formula is C35H49NO8. The van der Waals surface area contributed by atoms with Gasteiger partial charge >= 0.3 is 17.8 Å². The van der Waals surface area contributed by atoms with Crippen molar-refractivity contribution in [1.29, 1.82) is 0 Å². The first-order valence-corrected chi connectivity index (χ1v) is 16.4. The second-order valence-corrected chi connectivity index (χ2v) is 16.5. The van der Waals surface area contributed by atoms with E-state index in [0.29, 0.717) is 19.3 Å². The number of carboxylic acids is 1. The molecule has 6 rings (SSSR count). The third-order valence-corrected chi connectivity index (χ3v) is 14.5. The van der Waals surface area contributed by atoms with Crippen LogP contribution in [0.3, 0.4) is 0 Å². The molecule has 1 heterocycles. The van der Waals surface area contributed by atoms with E-state index in [1.807, 2.05) is 19.9 Å². The maximum atomic E-state index is 14.6. The largest absolute Gasteiger partial charge is 0.519 e. The van der Waals surface area contributed by atoms with Gasteiger partial charge < -0.3 is 24.4 Å². The van der Waals surface area contributed by atoms with Gasteiger partial charge in [-0.1, -0.05) is 33.3 Å². The van der Waals surface area contributed by atoms with Crippen molar-refractivity contribution in [3.8, 4) is 0 Å². The summed E-state index contributed by atoms with van der Waals surface area (Å²) in [7, 11) is 0. The summed E-state index contributed by atoms with van der Waals surface area (Å²) in [6, 6.07) is -0.443. The van der Waals surface area contributed by atoms with Gasteiger partial charge in [0.25, 0.3) is 0 Å². The minimum absolute atomic E-state index is 0.0166. The zero-order valence-corrected chi connectivity index (χ0v) is 27.3. The van der Waals surface area contributed by atoms with Crippen molar-refractivity contribution in [2.45, 2.75) is 119 Å². The highest BCUT2D eigenvalue weighted by Crippen LogP contribution is 2.75. The average molecular weight is 612 g/mol. The number of nitrogens with two attached hydrogens (primary N) is 1. The second kappa shape index (κ2) is 9.66. The molecule has 0 amide bonds. The normalized spacial score (nSPS) is 46.5. The summed E-state index contributed by atoms with van der Waals surface area (Å²) in [5.41, 5.74) is 4.98. The van der Waals surface area contributed by atoms with Crippen molar-refractivity contribution in [3.05, 3.63) is 33.8 Å². The molecule has 3 N–H and O–H groups in total. The summed E-state index contributed by atoms with van der Waals surface area (Å²) in [5, 5.41) is 10.2. The van der Waals surface area contributed by atoms with Crippen LogP contribution in [-0.2, 0) is 25.7 Å². The summed E-state index contributed by atoms with van der Waals surface area (Å²) in [5.74, 6) is -1.89. The average Bonchev–Trinajstić information content (AvgIpc) is 3.27. The summed E-state index contributed by atoms with van der Waals surface area (Å²) in [4.78, 5) is 52.4. The molecule has 4 fully saturated rings. The number of aryl methyl sites for hydroxylation is 1. The lowest BCUT2D eigenvalue weighted by Crippen LogP contribution is -2.69. The molecule has 0 bridgehead atoms. The lowest BCUT2D eigenvalue weighted by Gasteiger charge is -2.70. The number of ketones is 1. The Bertz CT molecular complexity index is 1510. The molecule has 242 valence electrons. The smallest absolute Gasteiger partial charge is 0.481 e. The molecule has 1 aromatic heterocycles. The zero-order chi connectivity index (χ0) is 32.3. The molecule has 0 radical (unpaired) electrons. The molecule has 0 aliphatic heterocycles. The first kappa shape index (κ1) is 31.3. The van der Waals surface area contributed by atoms with E-state index in [2.05, 4.69) is 27.7 Å². The predicted octanol–water partition coefficient (Wildman–Crippen LogP) is 5.96. The molecule has 4 saturated carbocycles. The molecule has 0 spiro atoms. The first-order chi connectivity index (χ1) is 20.4. The van der Waals surface area contributed by atoms with Gasteiger partial charge in [0.1, 0.15) is 0 Å². The number of hydrogen-bond acceptors (Lipinski definition) is 8. The van der Waals surface area contributed by atoms with Gasteiger partial charge in [0, 0.05) is 12.0 Å². The Balaban J connectivity index is 1.37. The van der Waals surface area contributed by atoms with Crippen LogP contribution in [0.5, 0.6) is 0 Å². The van der Waals surface area contributed by atoms with Gasteiger partial charge in [-0.3, -0.25) is 14.4 Å². The maximum absolute atomic E-state index is 14.6. The summed E-state index contributed by atoms with van der Waals surface area (Å²) >= 11 is 0. The van der Waals surface area contributed by atoms with E-state index in [9.17, 15) is 24.3 Å². The number of hydrogen-bond donors (Lipinski definition) is 2. The van der Waals surface area contributed by atoms with Crippen molar-refractivity contribution in [2.24, 2.45) is 56.0 Å². The van der Waals surface area contributed by atoms with Crippen molar-refractivity contribution < 1.29 is 33.1 Å². The van der Waals surface area contributed by atoms with Gasteiger partial charge in [-0.2, -0.15) is 0 Å². The molecule has 0 saturated heterocycles. The third-order valence-electron chi connectivity index (χ3n) is 14.5. The predicted molar refractivity (Wildman–Crippen MR) is 161 cm³/mol. The van der Waals surface area contributed by atoms with Gasteiger partial charge in [0.05, 0.1) is 10.8 Å². The highest BCUT2D eigenvalue weighted by atomic mass is 16.6. The van der Waals surface area contributed by atoms with Crippen LogP contribution in [0.15, 0.2) is 25.3 Å². The van der Waals surface area contributed by atoms with E-state index in [1.165, 1.54) is 0 Å². The first-order valence-electron chi connectivity index (χ1n) is 16.4. The third kappa shape index (κ3) is 3.99. The van der Waals surface area contributed by atoms with Gasteiger partial charge in [0.2, 0.25) is 0 Å². The zero-order valence-electron chi connectivity index (χ0n) is 27.3. The summed E-state index contributed by atoms with van der Waals surface area (Å²) < 4.78 is 15.8. The number of carboxylic acid groups (broad SMARTS) is 1. The lowest BCUT2D eigenvalue weighted by atomic mass is 9.33. The van der Waals surface area contributed by atoms with E-state index in [0.717, 1.165) is 44.1 Å². The van der Waals surface area contributed by atoms with Crippen LogP contribution >= 0.6 is 0 Å². The van der Waals surface area contributed by atoms with E-state index in [1.54, 1.807) is 6.92 Å². The molecule has 10 atom stereocenters. The summed E-state index contributed by atoms with van der Waals surface area (Å²) in [6.45, 7) is 14.2. The fourth-order valence-electron chi connectivity index (χ4n) is 11.2. The Hall–Kier alpha value is -2.68. The van der Waals surface area contributed by atoms with E-state index < -0.39 is 40.0 Å². The van der Waals surface area contributed by atoms with Crippen LogP contribution in [0, 0.1) is 57.2 Å². The number of aliphatic carboxylic acids is 1.